The van der Waals surface area contributed by atoms with Gasteiger partial charge in [-0.15, -0.1) is 0 Å². The number of aromatic nitrogens is 2. The average molecular weight is 600 g/mol. The zero-order valence-corrected chi connectivity index (χ0v) is 23.4. The van der Waals surface area contributed by atoms with E-state index in [0.29, 0.717) is 44.4 Å². The summed E-state index contributed by atoms with van der Waals surface area (Å²) in [5.74, 6) is 1.20. The van der Waals surface area contributed by atoms with E-state index >= 15 is 0 Å². The number of nitro groups is 1. The molecule has 38 heavy (non-hydrogen) atoms. The molecule has 0 N–H and O–H groups in total. The van der Waals surface area contributed by atoms with Gasteiger partial charge < -0.3 is 9.47 Å². The van der Waals surface area contributed by atoms with Gasteiger partial charge in [-0.1, -0.05) is 48.3 Å². The van der Waals surface area contributed by atoms with Gasteiger partial charge in [0.2, 0.25) is 0 Å². The number of ether oxygens (including phenoxy) is 2. The van der Waals surface area contributed by atoms with Gasteiger partial charge in [-0.25, -0.2) is 4.98 Å². The molecule has 196 valence electrons. The van der Waals surface area contributed by atoms with Crippen molar-refractivity contribution in [2.75, 3.05) is 7.11 Å². The number of halogens is 2. The van der Waals surface area contributed by atoms with Crippen LogP contribution >= 0.6 is 27.5 Å². The molecule has 0 aliphatic rings. The fourth-order valence-electron chi connectivity index (χ4n) is 3.72. The number of fused-ring (bicyclic) bond motifs is 1. The summed E-state index contributed by atoms with van der Waals surface area (Å²) >= 11 is 9.74. The maximum atomic E-state index is 13.5. The largest absolute Gasteiger partial charge is 0.493 e. The van der Waals surface area contributed by atoms with Gasteiger partial charge >= 0.3 is 0 Å². The molecule has 1 heterocycles. The molecule has 0 saturated heterocycles. The van der Waals surface area contributed by atoms with E-state index in [0.717, 1.165) is 4.47 Å². The predicted octanol–water partition coefficient (Wildman–Crippen LogP) is 6.49. The first-order valence-corrected chi connectivity index (χ1v) is 12.7. The molecular weight excluding hydrogens is 576 g/mol. The second kappa shape index (κ2) is 10.9. The maximum absolute atomic E-state index is 13.5. The van der Waals surface area contributed by atoms with Crippen molar-refractivity contribution in [1.82, 2.24) is 9.66 Å². The number of methoxy groups -OCH3 is 1. The van der Waals surface area contributed by atoms with Crippen molar-refractivity contribution in [3.63, 3.8) is 0 Å². The lowest BCUT2D eigenvalue weighted by atomic mass is 9.95. The minimum Gasteiger partial charge on any atom is -0.493 e. The summed E-state index contributed by atoms with van der Waals surface area (Å²) < 4.78 is 13.6. The summed E-state index contributed by atoms with van der Waals surface area (Å²) in [7, 11) is 1.48. The van der Waals surface area contributed by atoms with E-state index in [4.69, 9.17) is 26.1 Å². The third-order valence-electron chi connectivity index (χ3n) is 5.59. The maximum Gasteiger partial charge on any atom is 0.282 e. The van der Waals surface area contributed by atoms with Crippen molar-refractivity contribution >= 4 is 50.3 Å². The zero-order valence-electron chi connectivity index (χ0n) is 21.1. The molecule has 3 aromatic carbocycles. The Balaban J connectivity index is 1.78. The second-order valence-electron chi connectivity index (χ2n) is 9.45. The molecule has 11 heteroatoms. The Morgan fingerprint density at radius 2 is 1.87 bits per heavy atom. The van der Waals surface area contributed by atoms with E-state index < -0.39 is 10.3 Å². The van der Waals surface area contributed by atoms with Gasteiger partial charge in [0, 0.05) is 38.7 Å². The first-order valence-electron chi connectivity index (χ1n) is 11.5. The summed E-state index contributed by atoms with van der Waals surface area (Å²) in [6.07, 6.45) is 1.47. The number of benzene rings is 3. The van der Waals surface area contributed by atoms with Crippen molar-refractivity contribution in [3.8, 4) is 11.5 Å². The molecule has 4 aromatic rings. The van der Waals surface area contributed by atoms with E-state index in [2.05, 4.69) is 21.0 Å². The minimum absolute atomic E-state index is 0.0123. The summed E-state index contributed by atoms with van der Waals surface area (Å²) in [5, 5.41) is 16.3. The standard InChI is InChI=1S/C27H24BrClN4O5/c1-27(2,3)26-31-22-10-7-18(28)12-21(22)25(34)32(26)30-14-17-11-19(29)13-23(37-4)24(17)38-15-16-5-8-20(9-6-16)33(35)36/h5-14H,15H2,1-4H3. The molecule has 0 amide bonds. The first kappa shape index (κ1) is 27.3. The lowest BCUT2D eigenvalue weighted by Gasteiger charge is -2.21. The van der Waals surface area contributed by atoms with Crippen LogP contribution in [0.5, 0.6) is 11.5 Å². The Hall–Kier alpha value is -3.76. The summed E-state index contributed by atoms with van der Waals surface area (Å²) in [6.45, 7) is 5.96. The van der Waals surface area contributed by atoms with E-state index in [1.54, 1.807) is 36.4 Å². The molecule has 1 aromatic heterocycles. The normalized spacial score (nSPS) is 11.7. The number of rotatable bonds is 7. The molecule has 0 spiro atoms. The van der Waals surface area contributed by atoms with Crippen LogP contribution in [0.15, 0.2) is 69.0 Å². The summed E-state index contributed by atoms with van der Waals surface area (Å²) in [4.78, 5) is 28.7. The van der Waals surface area contributed by atoms with Crippen molar-refractivity contribution in [1.29, 1.82) is 0 Å². The molecule has 0 unspecified atom stereocenters. The van der Waals surface area contributed by atoms with Crippen LogP contribution < -0.4 is 15.0 Å². The Kier molecular flexibility index (Phi) is 7.84. The van der Waals surface area contributed by atoms with Crippen molar-refractivity contribution in [2.24, 2.45) is 5.10 Å². The smallest absolute Gasteiger partial charge is 0.282 e. The lowest BCUT2D eigenvalue weighted by Crippen LogP contribution is -2.29. The van der Waals surface area contributed by atoms with E-state index in [1.165, 1.54) is 30.1 Å². The number of nitro benzene ring substituents is 1. The Morgan fingerprint density at radius 3 is 2.50 bits per heavy atom. The van der Waals surface area contributed by atoms with Crippen LogP contribution in [0.3, 0.4) is 0 Å². The Labute approximate surface area is 232 Å². The highest BCUT2D eigenvalue weighted by molar-refractivity contribution is 9.10. The highest BCUT2D eigenvalue weighted by atomic mass is 79.9. The third kappa shape index (κ3) is 5.87. The topological polar surface area (TPSA) is 109 Å². The summed E-state index contributed by atoms with van der Waals surface area (Å²) in [5.41, 5.74) is 0.940. The molecule has 4 rings (SSSR count). The number of hydrogen-bond donors (Lipinski definition) is 0. The fraction of sp³-hybridized carbons (Fsp3) is 0.222. The van der Waals surface area contributed by atoms with Crippen molar-refractivity contribution in [3.05, 3.63) is 102 Å². The predicted molar refractivity (Wildman–Crippen MR) is 151 cm³/mol. The molecule has 0 aliphatic heterocycles. The van der Waals surface area contributed by atoms with Crippen LogP contribution in [0.25, 0.3) is 10.9 Å². The van der Waals surface area contributed by atoms with Crippen LogP contribution in [0, 0.1) is 10.1 Å². The average Bonchev–Trinajstić information content (AvgIpc) is 2.87. The van der Waals surface area contributed by atoms with Gasteiger partial charge in [-0.05, 0) is 42.0 Å². The Morgan fingerprint density at radius 1 is 1.16 bits per heavy atom. The zero-order chi connectivity index (χ0) is 27.6. The van der Waals surface area contributed by atoms with E-state index in [9.17, 15) is 14.9 Å². The SMILES string of the molecule is COc1cc(Cl)cc(C=Nn2c(C(C)(C)C)nc3ccc(Br)cc3c2=O)c1OCc1ccc([N+](=O)[O-])cc1. The quantitative estimate of drug-likeness (QED) is 0.137. The molecular formula is C27H24BrClN4O5. The first-order chi connectivity index (χ1) is 18.0. The van der Waals surface area contributed by atoms with Gasteiger partial charge in [0.05, 0.1) is 29.2 Å². The van der Waals surface area contributed by atoms with E-state index in [-0.39, 0.29) is 17.9 Å². The van der Waals surface area contributed by atoms with Gasteiger partial charge in [-0.3, -0.25) is 14.9 Å². The lowest BCUT2D eigenvalue weighted by molar-refractivity contribution is -0.384. The highest BCUT2D eigenvalue weighted by Crippen LogP contribution is 2.35. The molecule has 0 radical (unpaired) electrons. The van der Waals surface area contributed by atoms with Gasteiger partial charge in [0.1, 0.15) is 12.4 Å². The molecule has 0 fully saturated rings. The van der Waals surface area contributed by atoms with Crippen LogP contribution in [0.4, 0.5) is 5.69 Å². The monoisotopic (exact) mass is 598 g/mol. The van der Waals surface area contributed by atoms with Crippen LogP contribution in [-0.4, -0.2) is 27.9 Å². The van der Waals surface area contributed by atoms with Crippen molar-refractivity contribution in [2.45, 2.75) is 32.8 Å². The van der Waals surface area contributed by atoms with Gasteiger partial charge in [0.15, 0.2) is 11.5 Å². The van der Waals surface area contributed by atoms with Crippen LogP contribution in [-0.2, 0) is 12.0 Å². The van der Waals surface area contributed by atoms with Gasteiger partial charge in [-0.2, -0.15) is 9.78 Å². The fourth-order valence-corrected chi connectivity index (χ4v) is 4.30. The Bertz CT molecular complexity index is 1610. The molecule has 0 bridgehead atoms. The number of non-ortho nitro benzene ring substituents is 1. The summed E-state index contributed by atoms with van der Waals surface area (Å²) in [6, 6.07) is 14.6. The van der Waals surface area contributed by atoms with Crippen molar-refractivity contribution < 1.29 is 14.4 Å². The highest BCUT2D eigenvalue weighted by Gasteiger charge is 2.23. The molecule has 0 atom stereocenters. The van der Waals surface area contributed by atoms with Gasteiger partial charge in [0.25, 0.3) is 11.2 Å². The molecule has 0 saturated carbocycles. The second-order valence-corrected chi connectivity index (χ2v) is 10.8. The third-order valence-corrected chi connectivity index (χ3v) is 6.30. The number of nitrogens with zero attached hydrogens (tertiary/aromatic N) is 4. The minimum atomic E-state index is -0.487. The number of hydrogen-bond acceptors (Lipinski definition) is 7. The van der Waals surface area contributed by atoms with Crippen LogP contribution in [0.2, 0.25) is 5.02 Å². The molecule has 9 nitrogen and oxygen atoms in total. The van der Waals surface area contributed by atoms with Crippen LogP contribution in [0.1, 0.15) is 37.7 Å². The van der Waals surface area contributed by atoms with E-state index in [1.807, 2.05) is 26.8 Å². The molecule has 0 aliphatic carbocycles.